The van der Waals surface area contributed by atoms with Crippen LogP contribution < -0.4 is 5.32 Å². The van der Waals surface area contributed by atoms with Crippen LogP contribution in [-0.2, 0) is 0 Å². The van der Waals surface area contributed by atoms with E-state index < -0.39 is 0 Å². The summed E-state index contributed by atoms with van der Waals surface area (Å²) in [6, 6.07) is 11.9. The van der Waals surface area contributed by atoms with Crippen molar-refractivity contribution in [1.29, 1.82) is 0 Å². The van der Waals surface area contributed by atoms with Crippen molar-refractivity contribution in [2.24, 2.45) is 5.92 Å². The van der Waals surface area contributed by atoms with E-state index in [4.69, 9.17) is 4.52 Å². The molecule has 1 amide bonds. The van der Waals surface area contributed by atoms with Gasteiger partial charge in [-0.1, -0.05) is 35.0 Å². The van der Waals surface area contributed by atoms with E-state index in [1.54, 1.807) is 12.3 Å². The number of carbonyl (C=O) groups is 1. The molecule has 1 N–H and O–H groups in total. The van der Waals surface area contributed by atoms with Crippen LogP contribution in [0.4, 0.5) is 5.82 Å². The van der Waals surface area contributed by atoms with Gasteiger partial charge >= 0.3 is 0 Å². The molecule has 0 bridgehead atoms. The van der Waals surface area contributed by atoms with Crippen LogP contribution in [0.1, 0.15) is 47.4 Å². The van der Waals surface area contributed by atoms with Crippen molar-refractivity contribution in [3.8, 4) is 11.3 Å². The lowest BCUT2D eigenvalue weighted by Gasteiger charge is -2.15. The average Bonchev–Trinajstić information content (AvgIpc) is 3.39. The number of hydrogen-bond donors (Lipinski definition) is 1. The molecule has 3 aromatic heterocycles. The molecule has 1 aliphatic rings. The molecule has 7 heteroatoms. The molecule has 1 saturated carbocycles. The smallest absolute Gasteiger partial charge is 0.259 e. The Hall–Kier alpha value is -3.48. The third-order valence-corrected chi connectivity index (χ3v) is 5.81. The highest BCUT2D eigenvalue weighted by Gasteiger charge is 2.31. The molecule has 1 aliphatic carbocycles. The summed E-state index contributed by atoms with van der Waals surface area (Å²) in [4.78, 5) is 17.9. The number of rotatable bonds is 5. The van der Waals surface area contributed by atoms with Crippen LogP contribution in [0.15, 0.2) is 47.1 Å². The third kappa shape index (κ3) is 3.26. The molecule has 0 saturated heterocycles. The quantitative estimate of drug-likeness (QED) is 0.513. The van der Waals surface area contributed by atoms with E-state index >= 15 is 0 Å². The minimum absolute atomic E-state index is 0.230. The summed E-state index contributed by atoms with van der Waals surface area (Å²) in [5.74, 6) is 1.09. The molecule has 0 radical (unpaired) electrons. The predicted molar refractivity (Wildman–Crippen MR) is 114 cm³/mol. The zero-order chi connectivity index (χ0) is 20.8. The number of fused-ring (bicyclic) bond motifs is 1. The number of anilines is 1. The summed E-state index contributed by atoms with van der Waals surface area (Å²) in [6.07, 6.45) is 4.14. The molecule has 3 heterocycles. The monoisotopic (exact) mass is 401 g/mol. The highest BCUT2D eigenvalue weighted by atomic mass is 16.5. The maximum Gasteiger partial charge on any atom is 0.259 e. The van der Waals surface area contributed by atoms with Crippen molar-refractivity contribution in [1.82, 2.24) is 19.9 Å². The van der Waals surface area contributed by atoms with Gasteiger partial charge < -0.3 is 9.84 Å². The van der Waals surface area contributed by atoms with E-state index in [9.17, 15) is 4.79 Å². The molecule has 1 unspecified atom stereocenters. The number of nitrogens with zero attached hydrogens (tertiary/aromatic N) is 4. The Balaban J connectivity index is 1.54. The van der Waals surface area contributed by atoms with E-state index in [2.05, 4.69) is 27.5 Å². The Kier molecular flexibility index (Phi) is 4.38. The minimum Gasteiger partial charge on any atom is -0.335 e. The number of aryl methyl sites for hydroxylation is 2. The first-order chi connectivity index (χ1) is 14.5. The molecule has 7 nitrogen and oxygen atoms in total. The van der Waals surface area contributed by atoms with Crippen molar-refractivity contribution in [3.63, 3.8) is 0 Å². The van der Waals surface area contributed by atoms with Crippen molar-refractivity contribution >= 4 is 22.8 Å². The zero-order valence-corrected chi connectivity index (χ0v) is 17.2. The van der Waals surface area contributed by atoms with Crippen molar-refractivity contribution in [2.45, 2.75) is 39.7 Å². The minimum atomic E-state index is -0.230. The molecular weight excluding hydrogens is 378 g/mol. The van der Waals surface area contributed by atoms with Crippen LogP contribution in [-0.4, -0.2) is 25.8 Å². The summed E-state index contributed by atoms with van der Waals surface area (Å²) in [7, 11) is 0. The Morgan fingerprint density at radius 3 is 2.70 bits per heavy atom. The first kappa shape index (κ1) is 18.5. The molecule has 30 heavy (non-hydrogen) atoms. The first-order valence-electron chi connectivity index (χ1n) is 10.2. The van der Waals surface area contributed by atoms with Gasteiger partial charge in [0, 0.05) is 11.6 Å². The fraction of sp³-hybridized carbons (Fsp3) is 0.304. The Morgan fingerprint density at radius 2 is 1.97 bits per heavy atom. The number of nitrogens with one attached hydrogen (secondary N) is 1. The number of amides is 1. The molecule has 0 spiro atoms. The van der Waals surface area contributed by atoms with Gasteiger partial charge in [-0.2, -0.15) is 5.10 Å². The van der Waals surface area contributed by atoms with Crippen LogP contribution in [0.5, 0.6) is 0 Å². The fourth-order valence-corrected chi connectivity index (χ4v) is 3.85. The van der Waals surface area contributed by atoms with Gasteiger partial charge in [0.05, 0.1) is 34.6 Å². The Morgan fingerprint density at radius 1 is 1.20 bits per heavy atom. The van der Waals surface area contributed by atoms with E-state index in [1.807, 2.05) is 48.9 Å². The molecule has 4 aromatic rings. The van der Waals surface area contributed by atoms with E-state index in [-0.39, 0.29) is 11.9 Å². The van der Waals surface area contributed by atoms with E-state index in [1.165, 1.54) is 12.8 Å². The second-order valence-corrected chi connectivity index (χ2v) is 8.06. The molecular formula is C23H23N5O2. The molecule has 1 fully saturated rings. The zero-order valence-electron chi connectivity index (χ0n) is 17.2. The lowest BCUT2D eigenvalue weighted by atomic mass is 10.0. The average molecular weight is 401 g/mol. The second kappa shape index (κ2) is 7.09. The van der Waals surface area contributed by atoms with Crippen LogP contribution in [0.3, 0.4) is 0 Å². The van der Waals surface area contributed by atoms with Crippen LogP contribution in [0.25, 0.3) is 22.4 Å². The number of aromatic nitrogens is 4. The lowest BCUT2D eigenvalue weighted by Crippen LogP contribution is -2.19. The summed E-state index contributed by atoms with van der Waals surface area (Å²) in [5, 5.41) is 12.1. The van der Waals surface area contributed by atoms with Gasteiger partial charge in [-0.25, -0.2) is 9.67 Å². The predicted octanol–water partition coefficient (Wildman–Crippen LogP) is 4.93. The number of benzene rings is 1. The Bertz CT molecular complexity index is 1230. The van der Waals surface area contributed by atoms with Crippen molar-refractivity contribution in [2.75, 3.05) is 5.32 Å². The maximum atomic E-state index is 13.3. The van der Waals surface area contributed by atoms with Gasteiger partial charge in [0.2, 0.25) is 0 Å². The van der Waals surface area contributed by atoms with Gasteiger partial charge in [-0.3, -0.25) is 4.79 Å². The third-order valence-electron chi connectivity index (χ3n) is 5.81. The standard InChI is InChI=1S/C23H23N5O2/c1-13-4-6-17(7-5-13)19-12-18(21-14(2)27-30-23(21)25-19)22(29)26-20-10-11-24-28(20)15(3)16-8-9-16/h4-7,10-12,15-16H,8-9H2,1-3H3,(H,26,29). The summed E-state index contributed by atoms with van der Waals surface area (Å²) in [5.41, 5.74) is 4.22. The SMILES string of the molecule is Cc1ccc(-c2cc(C(=O)Nc3ccnn3C(C)C3CC3)c3c(C)noc3n2)cc1. The maximum absolute atomic E-state index is 13.3. The van der Waals surface area contributed by atoms with Gasteiger partial charge in [-0.15, -0.1) is 0 Å². The van der Waals surface area contributed by atoms with Crippen LogP contribution >= 0.6 is 0 Å². The summed E-state index contributed by atoms with van der Waals surface area (Å²) < 4.78 is 7.30. The highest BCUT2D eigenvalue weighted by molar-refractivity contribution is 6.12. The largest absolute Gasteiger partial charge is 0.335 e. The summed E-state index contributed by atoms with van der Waals surface area (Å²) >= 11 is 0. The molecule has 1 aromatic carbocycles. The van der Waals surface area contributed by atoms with E-state index in [0.29, 0.717) is 39.8 Å². The first-order valence-corrected chi connectivity index (χ1v) is 10.2. The molecule has 0 aliphatic heterocycles. The van der Waals surface area contributed by atoms with Gasteiger partial charge in [-0.05, 0) is 45.6 Å². The van der Waals surface area contributed by atoms with Crippen LogP contribution in [0, 0.1) is 19.8 Å². The summed E-state index contributed by atoms with van der Waals surface area (Å²) in [6.45, 7) is 5.99. The van der Waals surface area contributed by atoms with Gasteiger partial charge in [0.15, 0.2) is 0 Å². The fourth-order valence-electron chi connectivity index (χ4n) is 3.85. The highest BCUT2D eigenvalue weighted by Crippen LogP contribution is 2.40. The van der Waals surface area contributed by atoms with E-state index in [0.717, 1.165) is 11.1 Å². The molecule has 5 rings (SSSR count). The second-order valence-electron chi connectivity index (χ2n) is 8.06. The number of pyridine rings is 1. The van der Waals surface area contributed by atoms with Crippen LogP contribution in [0.2, 0.25) is 0 Å². The molecule has 152 valence electrons. The molecule has 1 atom stereocenters. The van der Waals surface area contributed by atoms with Crippen molar-refractivity contribution < 1.29 is 9.32 Å². The topological polar surface area (TPSA) is 85.8 Å². The lowest BCUT2D eigenvalue weighted by molar-refractivity contribution is 0.102. The normalized spacial score (nSPS) is 14.8. The Labute approximate surface area is 174 Å². The number of hydrogen-bond acceptors (Lipinski definition) is 5. The van der Waals surface area contributed by atoms with Gasteiger partial charge in [0.25, 0.3) is 11.6 Å². The van der Waals surface area contributed by atoms with Gasteiger partial charge in [0.1, 0.15) is 5.82 Å². The number of carbonyl (C=O) groups excluding carboxylic acids is 1. The van der Waals surface area contributed by atoms with Crippen molar-refractivity contribution in [3.05, 3.63) is 59.4 Å².